The Balaban J connectivity index is 2.91. The Morgan fingerprint density at radius 2 is 2.11 bits per heavy atom. The molecule has 0 aromatic heterocycles. The van der Waals surface area contributed by atoms with Crippen LogP contribution in [0.4, 0.5) is 5.69 Å². The Morgan fingerprint density at radius 3 is 2.68 bits per heavy atom. The van der Waals surface area contributed by atoms with Crippen LogP contribution in [0.1, 0.15) is 43.5 Å². The maximum Gasteiger partial charge on any atom is 0.221 e. The fourth-order valence-corrected chi connectivity index (χ4v) is 2.27. The fraction of sp³-hybridized carbons (Fsp3) is 0.429. The smallest absolute Gasteiger partial charge is 0.221 e. The van der Waals surface area contributed by atoms with Gasteiger partial charge in [0.15, 0.2) is 5.78 Å². The molecule has 1 rings (SSSR count). The number of amides is 1. The summed E-state index contributed by atoms with van der Waals surface area (Å²) < 4.78 is 0. The highest BCUT2D eigenvalue weighted by Gasteiger charge is 2.20. The van der Waals surface area contributed by atoms with E-state index < -0.39 is 0 Å². The Bertz CT molecular complexity index is 474. The Morgan fingerprint density at radius 1 is 1.42 bits per heavy atom. The number of rotatable bonds is 6. The summed E-state index contributed by atoms with van der Waals surface area (Å²) >= 11 is 3.34. The first-order chi connectivity index (χ1) is 8.95. The number of halogens is 1. The minimum absolute atomic E-state index is 0.0694. The predicted molar refractivity (Wildman–Crippen MR) is 79.0 cm³/mol. The molecular formula is C14H18BrNO3. The molecule has 0 saturated carbocycles. The van der Waals surface area contributed by atoms with Crippen molar-refractivity contribution in [3.63, 3.8) is 0 Å². The molecule has 1 atom stereocenters. The lowest BCUT2D eigenvalue weighted by Gasteiger charge is -2.11. The van der Waals surface area contributed by atoms with Crippen molar-refractivity contribution in [1.82, 2.24) is 0 Å². The van der Waals surface area contributed by atoms with Crippen LogP contribution in [-0.4, -0.2) is 21.6 Å². The first-order valence-electron chi connectivity index (χ1n) is 6.24. The molecule has 0 bridgehead atoms. The molecular weight excluding hydrogens is 310 g/mol. The van der Waals surface area contributed by atoms with Gasteiger partial charge in [0.1, 0.15) is 5.75 Å². The average molecular weight is 328 g/mol. The van der Waals surface area contributed by atoms with Crippen LogP contribution in [0.3, 0.4) is 0 Å². The monoisotopic (exact) mass is 327 g/mol. The highest BCUT2D eigenvalue weighted by atomic mass is 79.9. The predicted octanol–water partition coefficient (Wildman–Crippen LogP) is 3.49. The zero-order valence-electron chi connectivity index (χ0n) is 11.1. The molecule has 0 spiro atoms. The van der Waals surface area contributed by atoms with Crippen molar-refractivity contribution in [3.05, 3.63) is 23.8 Å². The summed E-state index contributed by atoms with van der Waals surface area (Å²) in [6.45, 7) is 3.45. The largest absolute Gasteiger partial charge is 0.507 e. The number of unbranched alkanes of at least 4 members (excludes halogenated alkanes) is 1. The Hall–Kier alpha value is -1.36. The van der Waals surface area contributed by atoms with Crippen LogP contribution in [0.25, 0.3) is 0 Å². The van der Waals surface area contributed by atoms with Gasteiger partial charge in [0.05, 0.1) is 10.4 Å². The summed E-state index contributed by atoms with van der Waals surface area (Å²) in [6, 6.07) is 4.47. The van der Waals surface area contributed by atoms with Crippen LogP contribution < -0.4 is 5.32 Å². The lowest BCUT2D eigenvalue weighted by atomic mass is 10.0. The zero-order valence-corrected chi connectivity index (χ0v) is 12.7. The average Bonchev–Trinajstić information content (AvgIpc) is 2.36. The molecule has 1 amide bonds. The zero-order chi connectivity index (χ0) is 14.4. The number of phenols is 1. The number of benzene rings is 1. The SMILES string of the molecule is CCCCC(Br)C(=O)c1cc(NC(C)=O)ccc1O. The maximum absolute atomic E-state index is 12.2. The number of phenolic OH excluding ortho intramolecular Hbond substituents is 1. The van der Waals surface area contributed by atoms with Crippen molar-refractivity contribution in [3.8, 4) is 5.75 Å². The highest BCUT2D eigenvalue weighted by Crippen LogP contribution is 2.26. The Kier molecular flexibility index (Phi) is 6.02. The minimum atomic E-state index is -0.314. The van der Waals surface area contributed by atoms with Gasteiger partial charge in [-0.2, -0.15) is 0 Å². The standard InChI is InChI=1S/C14H18BrNO3/c1-3-4-5-12(15)14(19)11-8-10(16-9(2)17)6-7-13(11)18/h6-8,12,18H,3-5H2,1-2H3,(H,16,17). The molecule has 2 N–H and O–H groups in total. The molecule has 1 unspecified atom stereocenters. The van der Waals surface area contributed by atoms with Crippen molar-refractivity contribution >= 4 is 33.3 Å². The highest BCUT2D eigenvalue weighted by molar-refractivity contribution is 9.10. The van der Waals surface area contributed by atoms with Crippen molar-refractivity contribution in [2.45, 2.75) is 37.9 Å². The molecule has 4 nitrogen and oxygen atoms in total. The third-order valence-corrected chi connectivity index (χ3v) is 3.55. The minimum Gasteiger partial charge on any atom is -0.507 e. The summed E-state index contributed by atoms with van der Waals surface area (Å²) in [5.41, 5.74) is 0.730. The van der Waals surface area contributed by atoms with Gasteiger partial charge in [0, 0.05) is 12.6 Å². The van der Waals surface area contributed by atoms with Crippen molar-refractivity contribution < 1.29 is 14.7 Å². The number of anilines is 1. The first kappa shape index (κ1) is 15.7. The molecule has 19 heavy (non-hydrogen) atoms. The lowest BCUT2D eigenvalue weighted by molar-refractivity contribution is -0.114. The number of alkyl halides is 1. The van der Waals surface area contributed by atoms with Crippen molar-refractivity contribution in [2.24, 2.45) is 0 Å². The number of carbonyl (C=O) groups is 2. The molecule has 104 valence electrons. The normalized spacial score (nSPS) is 11.9. The van der Waals surface area contributed by atoms with Crippen LogP contribution in [-0.2, 0) is 4.79 Å². The van der Waals surface area contributed by atoms with Crippen molar-refractivity contribution in [1.29, 1.82) is 0 Å². The van der Waals surface area contributed by atoms with Crippen molar-refractivity contribution in [2.75, 3.05) is 5.32 Å². The quantitative estimate of drug-likeness (QED) is 0.477. The summed E-state index contributed by atoms with van der Waals surface area (Å²) in [4.78, 5) is 22.9. The van der Waals surface area contributed by atoms with Crippen LogP contribution in [0.15, 0.2) is 18.2 Å². The summed E-state index contributed by atoms with van der Waals surface area (Å²) in [6.07, 6.45) is 2.67. The maximum atomic E-state index is 12.2. The molecule has 0 fully saturated rings. The van der Waals surface area contributed by atoms with Gasteiger partial charge in [0.2, 0.25) is 5.91 Å². The fourth-order valence-electron chi connectivity index (χ4n) is 1.70. The third kappa shape index (κ3) is 4.67. The Labute approximate surface area is 121 Å². The number of hydrogen-bond donors (Lipinski definition) is 2. The van der Waals surface area contributed by atoms with E-state index in [4.69, 9.17) is 0 Å². The molecule has 0 aliphatic heterocycles. The first-order valence-corrected chi connectivity index (χ1v) is 7.16. The summed E-state index contributed by atoms with van der Waals surface area (Å²) in [7, 11) is 0. The number of Topliss-reactive ketones (excluding diaryl/α,β-unsaturated/α-hetero) is 1. The number of aromatic hydroxyl groups is 1. The van der Waals surface area contributed by atoms with E-state index in [0.717, 1.165) is 19.3 Å². The van der Waals surface area contributed by atoms with Gasteiger partial charge in [-0.15, -0.1) is 0 Å². The van der Waals surface area contributed by atoms with Crippen LogP contribution >= 0.6 is 15.9 Å². The second-order valence-corrected chi connectivity index (χ2v) is 5.49. The van der Waals surface area contributed by atoms with Crippen LogP contribution in [0.5, 0.6) is 5.75 Å². The van der Waals surface area contributed by atoms with Gasteiger partial charge < -0.3 is 10.4 Å². The van der Waals surface area contributed by atoms with E-state index in [0.29, 0.717) is 5.69 Å². The molecule has 1 aromatic carbocycles. The molecule has 0 radical (unpaired) electrons. The molecule has 0 aliphatic carbocycles. The third-order valence-electron chi connectivity index (χ3n) is 2.68. The van der Waals surface area contributed by atoms with Gasteiger partial charge in [-0.25, -0.2) is 0 Å². The molecule has 0 heterocycles. The van der Waals surface area contributed by atoms with E-state index in [1.165, 1.54) is 19.1 Å². The van der Waals surface area contributed by atoms with E-state index in [1.54, 1.807) is 6.07 Å². The van der Waals surface area contributed by atoms with E-state index in [2.05, 4.69) is 28.2 Å². The van der Waals surface area contributed by atoms with Gasteiger partial charge in [0.25, 0.3) is 0 Å². The van der Waals surface area contributed by atoms with Crippen LogP contribution in [0.2, 0.25) is 0 Å². The lowest BCUT2D eigenvalue weighted by Crippen LogP contribution is -2.15. The number of nitrogens with one attached hydrogen (secondary N) is 1. The second kappa shape index (κ2) is 7.28. The number of carbonyl (C=O) groups excluding carboxylic acids is 2. The van der Waals surface area contributed by atoms with Gasteiger partial charge in [-0.1, -0.05) is 35.7 Å². The molecule has 5 heteroatoms. The summed E-state index contributed by atoms with van der Waals surface area (Å²) in [5, 5.41) is 12.4. The topological polar surface area (TPSA) is 66.4 Å². The molecule has 0 aliphatic rings. The van der Waals surface area contributed by atoms with E-state index in [-0.39, 0.29) is 27.8 Å². The molecule has 0 saturated heterocycles. The van der Waals surface area contributed by atoms with E-state index in [1.807, 2.05) is 0 Å². The van der Waals surface area contributed by atoms with E-state index >= 15 is 0 Å². The summed E-state index contributed by atoms with van der Waals surface area (Å²) in [5.74, 6) is -0.455. The molecule has 1 aromatic rings. The van der Waals surface area contributed by atoms with Gasteiger partial charge in [-0.3, -0.25) is 9.59 Å². The van der Waals surface area contributed by atoms with Gasteiger partial charge in [-0.05, 0) is 24.6 Å². The van der Waals surface area contributed by atoms with E-state index in [9.17, 15) is 14.7 Å². The number of ketones is 1. The second-order valence-electron chi connectivity index (χ2n) is 4.39. The van der Waals surface area contributed by atoms with Gasteiger partial charge >= 0.3 is 0 Å². The van der Waals surface area contributed by atoms with Crippen LogP contribution in [0, 0.1) is 0 Å². The number of hydrogen-bond acceptors (Lipinski definition) is 3.